The normalized spacial score (nSPS) is 10.0. The van der Waals surface area contributed by atoms with Gasteiger partial charge in [0.05, 0.1) is 5.69 Å². The maximum atomic E-state index is 11.9. The first-order valence-corrected chi connectivity index (χ1v) is 5.33. The number of aryl methyl sites for hydroxylation is 1. The van der Waals surface area contributed by atoms with Gasteiger partial charge in [-0.3, -0.25) is 10.0 Å². The molecule has 0 fully saturated rings. The standard InChI is InChI=1S/C14H13NO2/c1-11-7-9-13(10-8-11)15(17)14(16)12-5-3-2-4-6-12/h2-10,17H,1H3. The van der Waals surface area contributed by atoms with E-state index in [1.54, 1.807) is 36.4 Å². The Labute approximate surface area is 99.9 Å². The van der Waals surface area contributed by atoms with Crippen LogP contribution in [0.5, 0.6) is 0 Å². The van der Waals surface area contributed by atoms with Crippen molar-refractivity contribution in [3.63, 3.8) is 0 Å². The third-order valence-electron chi connectivity index (χ3n) is 2.49. The Morgan fingerprint density at radius 1 is 1.00 bits per heavy atom. The number of rotatable bonds is 2. The average molecular weight is 227 g/mol. The fourth-order valence-electron chi connectivity index (χ4n) is 1.51. The maximum absolute atomic E-state index is 11.9. The van der Waals surface area contributed by atoms with Gasteiger partial charge in [0.15, 0.2) is 0 Å². The monoisotopic (exact) mass is 227 g/mol. The molecule has 0 unspecified atom stereocenters. The van der Waals surface area contributed by atoms with Gasteiger partial charge in [-0.2, -0.15) is 5.06 Å². The fraction of sp³-hybridized carbons (Fsp3) is 0.0714. The third kappa shape index (κ3) is 2.52. The van der Waals surface area contributed by atoms with E-state index in [9.17, 15) is 10.0 Å². The number of hydroxylamine groups is 1. The lowest BCUT2D eigenvalue weighted by molar-refractivity contribution is 0.0855. The molecule has 0 aromatic heterocycles. The molecule has 0 aliphatic carbocycles. The van der Waals surface area contributed by atoms with Crippen molar-refractivity contribution in [1.29, 1.82) is 0 Å². The Kier molecular flexibility index (Phi) is 3.21. The average Bonchev–Trinajstić information content (AvgIpc) is 2.39. The second-order valence-corrected chi connectivity index (χ2v) is 3.82. The van der Waals surface area contributed by atoms with Crippen LogP contribution >= 0.6 is 0 Å². The van der Waals surface area contributed by atoms with E-state index in [0.29, 0.717) is 16.3 Å². The predicted octanol–water partition coefficient (Wildman–Crippen LogP) is 3.03. The molecule has 2 aromatic rings. The number of hydrogen-bond donors (Lipinski definition) is 1. The second-order valence-electron chi connectivity index (χ2n) is 3.82. The van der Waals surface area contributed by atoms with Crippen molar-refractivity contribution in [2.45, 2.75) is 6.92 Å². The van der Waals surface area contributed by atoms with E-state index in [1.807, 2.05) is 25.1 Å². The molecule has 1 N–H and O–H groups in total. The van der Waals surface area contributed by atoms with Crippen molar-refractivity contribution in [2.75, 3.05) is 5.06 Å². The summed E-state index contributed by atoms with van der Waals surface area (Å²) in [6.07, 6.45) is 0. The van der Waals surface area contributed by atoms with Gasteiger partial charge in [0.1, 0.15) is 0 Å². The molecule has 2 rings (SSSR count). The van der Waals surface area contributed by atoms with E-state index < -0.39 is 5.91 Å². The number of anilines is 1. The van der Waals surface area contributed by atoms with Crippen LogP contribution in [0, 0.1) is 6.92 Å². The van der Waals surface area contributed by atoms with Crippen LogP contribution in [0.15, 0.2) is 54.6 Å². The molecule has 0 bridgehead atoms. The van der Waals surface area contributed by atoms with Gasteiger partial charge in [-0.15, -0.1) is 0 Å². The molecule has 3 heteroatoms. The van der Waals surface area contributed by atoms with Crippen LogP contribution in [0.1, 0.15) is 15.9 Å². The van der Waals surface area contributed by atoms with E-state index in [1.165, 1.54) is 0 Å². The van der Waals surface area contributed by atoms with E-state index >= 15 is 0 Å². The molecule has 3 nitrogen and oxygen atoms in total. The van der Waals surface area contributed by atoms with Gasteiger partial charge >= 0.3 is 0 Å². The van der Waals surface area contributed by atoms with E-state index in [0.717, 1.165) is 5.56 Å². The molecule has 0 saturated heterocycles. The molecule has 0 radical (unpaired) electrons. The molecule has 0 aliphatic heterocycles. The smallest absolute Gasteiger partial charge is 0.281 e. The molecule has 1 amide bonds. The summed E-state index contributed by atoms with van der Waals surface area (Å²) in [5, 5.41) is 10.5. The highest BCUT2D eigenvalue weighted by atomic mass is 16.5. The Hall–Kier alpha value is -2.13. The van der Waals surface area contributed by atoms with E-state index in [4.69, 9.17) is 0 Å². The van der Waals surface area contributed by atoms with Gasteiger partial charge in [0.2, 0.25) is 0 Å². The lowest BCUT2D eigenvalue weighted by Gasteiger charge is -2.15. The zero-order valence-electron chi connectivity index (χ0n) is 9.50. The number of hydrogen-bond acceptors (Lipinski definition) is 2. The topological polar surface area (TPSA) is 40.5 Å². The van der Waals surface area contributed by atoms with Crippen molar-refractivity contribution in [1.82, 2.24) is 0 Å². The quantitative estimate of drug-likeness (QED) is 0.632. The Morgan fingerprint density at radius 3 is 2.18 bits per heavy atom. The van der Waals surface area contributed by atoms with Crippen LogP contribution in [0.3, 0.4) is 0 Å². The van der Waals surface area contributed by atoms with Crippen molar-refractivity contribution < 1.29 is 10.0 Å². The first-order chi connectivity index (χ1) is 8.18. The lowest BCUT2D eigenvalue weighted by Crippen LogP contribution is -2.26. The van der Waals surface area contributed by atoms with Gasteiger partial charge in [0.25, 0.3) is 5.91 Å². The van der Waals surface area contributed by atoms with Crippen molar-refractivity contribution in [3.8, 4) is 0 Å². The summed E-state index contributed by atoms with van der Waals surface area (Å²) in [5.41, 5.74) is 1.99. The highest BCUT2D eigenvalue weighted by Crippen LogP contribution is 2.15. The van der Waals surface area contributed by atoms with Crippen LogP contribution in [-0.4, -0.2) is 11.1 Å². The molecule has 17 heavy (non-hydrogen) atoms. The first kappa shape index (κ1) is 11.4. The summed E-state index contributed by atoms with van der Waals surface area (Å²) in [5.74, 6) is -0.436. The molecule has 0 atom stereocenters. The third-order valence-corrected chi connectivity index (χ3v) is 2.49. The van der Waals surface area contributed by atoms with E-state index in [2.05, 4.69) is 0 Å². The summed E-state index contributed by atoms with van der Waals surface area (Å²) in [4.78, 5) is 11.9. The summed E-state index contributed by atoms with van der Waals surface area (Å²) >= 11 is 0. The number of carbonyl (C=O) groups excluding carboxylic acids is 1. The number of amides is 1. The lowest BCUT2D eigenvalue weighted by atomic mass is 10.2. The van der Waals surface area contributed by atoms with Crippen LogP contribution in [0.25, 0.3) is 0 Å². The minimum Gasteiger partial charge on any atom is -0.281 e. The fourth-order valence-corrected chi connectivity index (χ4v) is 1.51. The predicted molar refractivity (Wildman–Crippen MR) is 66.2 cm³/mol. The molecular formula is C14H13NO2. The Morgan fingerprint density at radius 2 is 1.59 bits per heavy atom. The molecule has 0 spiro atoms. The molecule has 2 aromatic carbocycles. The molecular weight excluding hydrogens is 214 g/mol. The number of nitrogens with zero attached hydrogens (tertiary/aromatic N) is 1. The minimum absolute atomic E-state index is 0.436. The van der Waals surface area contributed by atoms with Crippen molar-refractivity contribution in [3.05, 3.63) is 65.7 Å². The van der Waals surface area contributed by atoms with Crippen LogP contribution in [0.4, 0.5) is 5.69 Å². The van der Waals surface area contributed by atoms with Crippen molar-refractivity contribution >= 4 is 11.6 Å². The summed E-state index contributed by atoms with van der Waals surface area (Å²) in [6.45, 7) is 1.95. The van der Waals surface area contributed by atoms with Gasteiger partial charge in [-0.1, -0.05) is 35.9 Å². The summed E-state index contributed by atoms with van der Waals surface area (Å²) < 4.78 is 0. The molecule has 0 aliphatic rings. The zero-order valence-corrected chi connectivity index (χ0v) is 9.50. The largest absolute Gasteiger partial charge is 0.281 e. The first-order valence-electron chi connectivity index (χ1n) is 5.33. The van der Waals surface area contributed by atoms with Crippen LogP contribution < -0.4 is 5.06 Å². The highest BCUT2D eigenvalue weighted by Gasteiger charge is 2.14. The Bertz CT molecular complexity index is 506. The molecule has 0 heterocycles. The Balaban J connectivity index is 2.23. The highest BCUT2D eigenvalue weighted by molar-refractivity contribution is 6.04. The number of benzene rings is 2. The number of carbonyl (C=O) groups is 1. The van der Waals surface area contributed by atoms with Crippen LogP contribution in [0.2, 0.25) is 0 Å². The molecule has 86 valence electrons. The molecule has 0 saturated carbocycles. The van der Waals surface area contributed by atoms with Gasteiger partial charge in [0, 0.05) is 5.56 Å². The van der Waals surface area contributed by atoms with Gasteiger partial charge < -0.3 is 0 Å². The van der Waals surface area contributed by atoms with Gasteiger partial charge in [-0.05, 0) is 31.2 Å². The van der Waals surface area contributed by atoms with Gasteiger partial charge in [-0.25, -0.2) is 0 Å². The SMILES string of the molecule is Cc1ccc(N(O)C(=O)c2ccccc2)cc1. The second kappa shape index (κ2) is 4.80. The van der Waals surface area contributed by atoms with Crippen LogP contribution in [-0.2, 0) is 0 Å². The van der Waals surface area contributed by atoms with Crippen molar-refractivity contribution in [2.24, 2.45) is 0 Å². The summed E-state index contributed by atoms with van der Waals surface area (Å²) in [6, 6.07) is 15.8. The zero-order chi connectivity index (χ0) is 12.3. The maximum Gasteiger partial charge on any atom is 0.281 e. The minimum atomic E-state index is -0.436. The summed E-state index contributed by atoms with van der Waals surface area (Å²) in [7, 11) is 0. The van der Waals surface area contributed by atoms with E-state index in [-0.39, 0.29) is 0 Å².